The number of thiocyanates is 1. The summed E-state index contributed by atoms with van der Waals surface area (Å²) in [5.74, 6) is 0. The van der Waals surface area contributed by atoms with Crippen LogP contribution in [-0.4, -0.2) is 4.98 Å². The standard InChI is InChI=1S/C14H14N2S.HI/c1-3-10-11(4-2)14(17-9-15)16-13-8-6-5-7-12(10)13;/h5-8H,3-4H2,1-2H3;1H. The number of fused-ring (bicyclic) bond motifs is 1. The normalized spacial score (nSPS) is 9.83. The number of para-hydroxylation sites is 1. The number of benzene rings is 1. The lowest BCUT2D eigenvalue weighted by Gasteiger charge is -2.12. The maximum absolute atomic E-state index is 8.85. The quantitative estimate of drug-likeness (QED) is 0.452. The lowest BCUT2D eigenvalue weighted by molar-refractivity contribution is 0.965. The van der Waals surface area contributed by atoms with Crippen molar-refractivity contribution in [3.63, 3.8) is 0 Å². The van der Waals surface area contributed by atoms with Gasteiger partial charge in [0.05, 0.1) is 5.52 Å². The lowest BCUT2D eigenvalue weighted by Crippen LogP contribution is -1.98. The second kappa shape index (κ2) is 6.95. The number of thioether (sulfide) groups is 1. The number of halogens is 1. The number of aryl methyl sites for hydroxylation is 1. The van der Waals surface area contributed by atoms with Crippen molar-refractivity contribution in [3.8, 4) is 5.40 Å². The van der Waals surface area contributed by atoms with Crippen LogP contribution in [-0.2, 0) is 12.8 Å². The molecule has 0 atom stereocenters. The monoisotopic (exact) mass is 370 g/mol. The summed E-state index contributed by atoms with van der Waals surface area (Å²) in [4.78, 5) is 4.58. The van der Waals surface area contributed by atoms with Crippen LogP contribution in [0.2, 0.25) is 0 Å². The molecule has 94 valence electrons. The maximum atomic E-state index is 8.85. The Hall–Kier alpha value is -0.800. The molecule has 0 unspecified atom stereocenters. The molecule has 0 spiro atoms. The zero-order valence-electron chi connectivity index (χ0n) is 10.4. The summed E-state index contributed by atoms with van der Waals surface area (Å²) in [6.07, 6.45) is 1.90. The second-order valence-electron chi connectivity index (χ2n) is 3.79. The van der Waals surface area contributed by atoms with Crippen molar-refractivity contribution in [3.05, 3.63) is 35.4 Å². The van der Waals surface area contributed by atoms with E-state index in [2.05, 4.69) is 30.3 Å². The van der Waals surface area contributed by atoms with Crippen molar-refractivity contribution in [2.45, 2.75) is 31.7 Å². The number of aromatic nitrogens is 1. The van der Waals surface area contributed by atoms with Crippen LogP contribution in [0, 0.1) is 10.7 Å². The third-order valence-corrected chi connectivity index (χ3v) is 3.55. The highest BCUT2D eigenvalue weighted by Crippen LogP contribution is 2.29. The van der Waals surface area contributed by atoms with Crippen molar-refractivity contribution in [2.75, 3.05) is 0 Å². The minimum absolute atomic E-state index is 0. The Labute approximate surface area is 129 Å². The summed E-state index contributed by atoms with van der Waals surface area (Å²) < 4.78 is 0. The number of nitrogens with zero attached hydrogens (tertiary/aromatic N) is 2. The molecule has 0 aliphatic carbocycles. The van der Waals surface area contributed by atoms with Crippen molar-refractivity contribution in [1.29, 1.82) is 5.26 Å². The maximum Gasteiger partial charge on any atom is 0.140 e. The molecule has 0 N–H and O–H groups in total. The van der Waals surface area contributed by atoms with E-state index in [0.29, 0.717) is 0 Å². The fourth-order valence-electron chi connectivity index (χ4n) is 2.19. The highest BCUT2D eigenvalue weighted by atomic mass is 127. The minimum Gasteiger partial charge on any atom is -0.240 e. The van der Waals surface area contributed by atoms with E-state index >= 15 is 0 Å². The first-order valence-corrected chi connectivity index (χ1v) is 6.59. The Morgan fingerprint density at radius 2 is 1.83 bits per heavy atom. The molecule has 2 aromatic rings. The van der Waals surface area contributed by atoms with Crippen molar-refractivity contribution in [2.24, 2.45) is 0 Å². The van der Waals surface area contributed by atoms with Crippen molar-refractivity contribution >= 4 is 46.6 Å². The van der Waals surface area contributed by atoms with Crippen LogP contribution in [0.5, 0.6) is 0 Å². The predicted octanol–water partition coefficient (Wildman–Crippen LogP) is 4.55. The Bertz CT molecular complexity index is 590. The van der Waals surface area contributed by atoms with Gasteiger partial charge in [0, 0.05) is 17.1 Å². The van der Waals surface area contributed by atoms with Crippen LogP contribution in [0.4, 0.5) is 0 Å². The molecule has 0 amide bonds. The Morgan fingerprint density at radius 1 is 1.17 bits per heavy atom. The molecule has 0 saturated carbocycles. The molecule has 1 aromatic carbocycles. The summed E-state index contributed by atoms with van der Waals surface area (Å²) in [6.45, 7) is 4.27. The molecule has 0 aliphatic heterocycles. The fraction of sp³-hybridized carbons (Fsp3) is 0.286. The highest BCUT2D eigenvalue weighted by Gasteiger charge is 2.12. The van der Waals surface area contributed by atoms with E-state index in [9.17, 15) is 0 Å². The molecular weight excluding hydrogens is 355 g/mol. The van der Waals surface area contributed by atoms with E-state index < -0.39 is 0 Å². The summed E-state index contributed by atoms with van der Waals surface area (Å²) >= 11 is 1.17. The fourth-order valence-corrected chi connectivity index (χ4v) is 2.81. The molecule has 2 rings (SSSR count). The Kier molecular flexibility index (Phi) is 5.89. The third-order valence-electron chi connectivity index (χ3n) is 2.92. The first-order valence-electron chi connectivity index (χ1n) is 5.78. The molecule has 1 heterocycles. The molecule has 0 fully saturated rings. The van der Waals surface area contributed by atoms with Crippen LogP contribution in [0.1, 0.15) is 25.0 Å². The molecule has 0 bridgehead atoms. The van der Waals surface area contributed by atoms with E-state index in [0.717, 1.165) is 23.4 Å². The van der Waals surface area contributed by atoms with Crippen molar-refractivity contribution < 1.29 is 0 Å². The van der Waals surface area contributed by atoms with Gasteiger partial charge in [0.15, 0.2) is 0 Å². The van der Waals surface area contributed by atoms with Gasteiger partial charge in [-0.05, 0) is 30.0 Å². The summed E-state index contributed by atoms with van der Waals surface area (Å²) in [5, 5.41) is 13.1. The van der Waals surface area contributed by atoms with E-state index in [-0.39, 0.29) is 24.0 Å². The van der Waals surface area contributed by atoms with Crippen LogP contribution >= 0.6 is 35.7 Å². The smallest absolute Gasteiger partial charge is 0.140 e. The number of pyridine rings is 1. The molecule has 1 aromatic heterocycles. The topological polar surface area (TPSA) is 36.7 Å². The van der Waals surface area contributed by atoms with Gasteiger partial charge in [-0.25, -0.2) is 4.98 Å². The average molecular weight is 370 g/mol. The Morgan fingerprint density at radius 3 is 2.44 bits per heavy atom. The second-order valence-corrected chi connectivity index (χ2v) is 4.57. The predicted molar refractivity (Wildman–Crippen MR) is 87.4 cm³/mol. The molecule has 2 nitrogen and oxygen atoms in total. The van der Waals surface area contributed by atoms with Gasteiger partial charge in [0.1, 0.15) is 10.4 Å². The number of rotatable bonds is 3. The molecule has 0 aliphatic rings. The molecule has 0 saturated heterocycles. The summed E-state index contributed by atoms with van der Waals surface area (Å²) in [7, 11) is 0. The van der Waals surface area contributed by atoms with Gasteiger partial charge in [0.25, 0.3) is 0 Å². The van der Waals surface area contributed by atoms with Crippen LogP contribution < -0.4 is 0 Å². The van der Waals surface area contributed by atoms with Gasteiger partial charge < -0.3 is 0 Å². The van der Waals surface area contributed by atoms with Gasteiger partial charge in [-0.3, -0.25) is 0 Å². The number of hydrogen-bond donors (Lipinski definition) is 0. The van der Waals surface area contributed by atoms with Gasteiger partial charge in [-0.15, -0.1) is 24.0 Å². The third kappa shape index (κ3) is 2.78. The van der Waals surface area contributed by atoms with Gasteiger partial charge in [-0.2, -0.15) is 5.26 Å². The first-order chi connectivity index (χ1) is 8.31. The van der Waals surface area contributed by atoms with Gasteiger partial charge >= 0.3 is 0 Å². The largest absolute Gasteiger partial charge is 0.240 e. The molecule has 4 heteroatoms. The average Bonchev–Trinajstić information content (AvgIpc) is 2.37. The zero-order chi connectivity index (χ0) is 12.3. The summed E-state index contributed by atoms with van der Waals surface area (Å²) in [6, 6.07) is 8.15. The molecule has 18 heavy (non-hydrogen) atoms. The summed E-state index contributed by atoms with van der Waals surface area (Å²) in [5.41, 5.74) is 3.54. The van der Waals surface area contributed by atoms with Gasteiger partial charge in [-0.1, -0.05) is 32.0 Å². The Balaban J connectivity index is 0.00000162. The number of nitriles is 1. The highest BCUT2D eigenvalue weighted by molar-refractivity contribution is 14.0. The van der Waals surface area contributed by atoms with Crippen molar-refractivity contribution in [1.82, 2.24) is 4.98 Å². The number of hydrogen-bond acceptors (Lipinski definition) is 3. The molecular formula is C14H15IN2S. The SMILES string of the molecule is CCc1c(SC#N)nc2ccccc2c1CC.I. The van der Waals surface area contributed by atoms with Crippen LogP contribution in [0.15, 0.2) is 29.3 Å². The van der Waals surface area contributed by atoms with Crippen LogP contribution in [0.25, 0.3) is 10.9 Å². The van der Waals surface area contributed by atoms with E-state index in [1.807, 2.05) is 18.2 Å². The van der Waals surface area contributed by atoms with E-state index in [1.54, 1.807) is 0 Å². The van der Waals surface area contributed by atoms with Gasteiger partial charge in [0.2, 0.25) is 0 Å². The van der Waals surface area contributed by atoms with E-state index in [4.69, 9.17) is 5.26 Å². The lowest BCUT2D eigenvalue weighted by atomic mass is 10.00. The van der Waals surface area contributed by atoms with E-state index in [1.165, 1.54) is 28.3 Å². The van der Waals surface area contributed by atoms with Crippen LogP contribution in [0.3, 0.4) is 0 Å². The minimum atomic E-state index is 0. The molecule has 0 radical (unpaired) electrons. The first kappa shape index (κ1) is 15.3. The zero-order valence-corrected chi connectivity index (χ0v) is 13.6.